The Morgan fingerprint density at radius 3 is 2.36 bits per heavy atom. The van der Waals surface area contributed by atoms with Gasteiger partial charge in [-0.25, -0.2) is 0 Å². The molecule has 2 heterocycles. The Kier molecular flexibility index (Phi) is 7.65. The van der Waals surface area contributed by atoms with Gasteiger partial charge >= 0.3 is 0 Å². The number of amides is 2. The third-order valence-corrected chi connectivity index (χ3v) is 6.14. The van der Waals surface area contributed by atoms with Crippen LogP contribution in [0.15, 0.2) is 42.6 Å². The molecule has 1 aliphatic heterocycles. The number of hydrogen-bond donors (Lipinski definition) is 3. The zero-order valence-electron chi connectivity index (χ0n) is 20.6. The Labute approximate surface area is 197 Å². The molecular weight excluding hydrogens is 416 g/mol. The van der Waals surface area contributed by atoms with Crippen LogP contribution in [0.3, 0.4) is 0 Å². The highest BCUT2D eigenvalue weighted by atomic mass is 16.3. The molecule has 7 heteroatoms. The average molecular weight is 455 g/mol. The van der Waals surface area contributed by atoms with Crippen molar-refractivity contribution >= 4 is 11.8 Å². The van der Waals surface area contributed by atoms with Crippen LogP contribution < -0.4 is 10.6 Å². The molecule has 33 heavy (non-hydrogen) atoms. The molecule has 0 saturated carbocycles. The number of aliphatic hydroxyl groups is 1. The van der Waals surface area contributed by atoms with Crippen LogP contribution in [-0.4, -0.2) is 57.2 Å². The number of carbonyl (C=O) groups excluding carboxylic acids is 2. The maximum absolute atomic E-state index is 13.4. The van der Waals surface area contributed by atoms with Gasteiger partial charge in [0.2, 0.25) is 11.8 Å². The van der Waals surface area contributed by atoms with E-state index in [2.05, 4.69) is 21.3 Å². The van der Waals surface area contributed by atoms with Gasteiger partial charge in [-0.2, -0.15) is 0 Å². The Morgan fingerprint density at radius 2 is 1.82 bits per heavy atom. The highest BCUT2D eigenvalue weighted by Crippen LogP contribution is 2.26. The fourth-order valence-corrected chi connectivity index (χ4v) is 4.36. The maximum atomic E-state index is 13.4. The summed E-state index contributed by atoms with van der Waals surface area (Å²) >= 11 is 0. The van der Waals surface area contributed by atoms with Gasteiger partial charge in [-0.05, 0) is 28.7 Å². The molecular formula is C26H38N4O3. The lowest BCUT2D eigenvalue weighted by molar-refractivity contribution is -0.142. The fraction of sp³-hybridized carbons (Fsp3) is 0.538. The lowest BCUT2D eigenvalue weighted by Crippen LogP contribution is -2.57. The fourth-order valence-electron chi connectivity index (χ4n) is 4.36. The number of rotatable bonds is 7. The van der Waals surface area contributed by atoms with E-state index in [9.17, 15) is 14.7 Å². The molecule has 180 valence electrons. The molecule has 1 aromatic heterocycles. The summed E-state index contributed by atoms with van der Waals surface area (Å²) in [6, 6.07) is 11.2. The number of aryl methyl sites for hydroxylation is 1. The number of nitrogens with one attached hydrogen (secondary N) is 2. The van der Waals surface area contributed by atoms with Crippen molar-refractivity contribution in [1.82, 2.24) is 20.1 Å². The molecule has 1 fully saturated rings. The summed E-state index contributed by atoms with van der Waals surface area (Å²) in [5.41, 5.74) is 2.89. The quantitative estimate of drug-likeness (QED) is 0.600. The number of likely N-dealkylation sites (tertiary alicyclic amines) is 1. The summed E-state index contributed by atoms with van der Waals surface area (Å²) in [5, 5.41) is 16.6. The van der Waals surface area contributed by atoms with Gasteiger partial charge in [-0.3, -0.25) is 9.59 Å². The number of aliphatic hydroxyl groups excluding tert-OH is 1. The molecule has 2 amide bonds. The highest BCUT2D eigenvalue weighted by Gasteiger charge is 2.43. The normalized spacial score (nSPS) is 19.7. The summed E-state index contributed by atoms with van der Waals surface area (Å²) in [6.45, 7) is 10.6. The molecule has 0 aliphatic carbocycles. The number of β-amino-alcohol motifs (C(OH)–C–C–N with tert-alkyl or cyclic N) is 1. The number of nitrogens with zero attached hydrogens (tertiary/aromatic N) is 2. The molecule has 3 atom stereocenters. The van der Waals surface area contributed by atoms with E-state index < -0.39 is 18.2 Å². The predicted molar refractivity (Wildman–Crippen MR) is 130 cm³/mol. The van der Waals surface area contributed by atoms with E-state index in [-0.39, 0.29) is 36.2 Å². The lowest BCUT2D eigenvalue weighted by Gasteiger charge is -2.36. The SMILES string of the molecule is CC(C)N[C@H](C(=O)N1C[C@H](O)C[C@H]1C(=O)NCc1ccc(-c2cccn2C)cc1)C(C)(C)C. The van der Waals surface area contributed by atoms with Crippen LogP contribution in [0.1, 0.15) is 46.6 Å². The first-order chi connectivity index (χ1) is 15.5. The summed E-state index contributed by atoms with van der Waals surface area (Å²) in [7, 11) is 2.01. The Hall–Kier alpha value is -2.64. The highest BCUT2D eigenvalue weighted by molar-refractivity contribution is 5.91. The zero-order chi connectivity index (χ0) is 24.3. The van der Waals surface area contributed by atoms with Crippen LogP contribution in [0.5, 0.6) is 0 Å². The standard InChI is InChI=1S/C26H38N4O3/c1-17(2)28-23(26(3,4)5)25(33)30-16-20(31)14-22(30)24(32)27-15-18-9-11-19(12-10-18)21-8-7-13-29(21)6/h7-13,17,20,22-23,28,31H,14-16H2,1-6H3,(H,27,32)/t20-,22+,23-/m1/s1. The van der Waals surface area contributed by atoms with Crippen molar-refractivity contribution in [2.45, 2.75) is 71.8 Å². The third kappa shape index (κ3) is 6.03. The first-order valence-corrected chi connectivity index (χ1v) is 11.7. The van der Waals surface area contributed by atoms with Crippen LogP contribution in [-0.2, 0) is 23.2 Å². The van der Waals surface area contributed by atoms with Crippen LogP contribution in [0.4, 0.5) is 0 Å². The monoisotopic (exact) mass is 454 g/mol. The van der Waals surface area contributed by atoms with E-state index >= 15 is 0 Å². The Balaban J connectivity index is 1.66. The maximum Gasteiger partial charge on any atom is 0.243 e. The van der Waals surface area contributed by atoms with Crippen molar-refractivity contribution in [3.05, 3.63) is 48.2 Å². The van der Waals surface area contributed by atoms with Crippen molar-refractivity contribution in [3.8, 4) is 11.3 Å². The molecule has 2 aromatic rings. The van der Waals surface area contributed by atoms with Crippen molar-refractivity contribution in [3.63, 3.8) is 0 Å². The molecule has 0 radical (unpaired) electrons. The molecule has 1 aliphatic rings. The number of carbonyl (C=O) groups is 2. The average Bonchev–Trinajstić information content (AvgIpc) is 3.35. The summed E-state index contributed by atoms with van der Waals surface area (Å²) in [6.07, 6.45) is 1.56. The van der Waals surface area contributed by atoms with Crippen molar-refractivity contribution < 1.29 is 14.7 Å². The molecule has 0 bridgehead atoms. The van der Waals surface area contributed by atoms with E-state index in [1.807, 2.05) is 78.2 Å². The van der Waals surface area contributed by atoms with Gasteiger partial charge in [-0.15, -0.1) is 0 Å². The van der Waals surface area contributed by atoms with Gasteiger partial charge in [-0.1, -0.05) is 58.9 Å². The van der Waals surface area contributed by atoms with E-state index in [0.29, 0.717) is 6.54 Å². The van der Waals surface area contributed by atoms with Crippen molar-refractivity contribution in [2.75, 3.05) is 6.54 Å². The van der Waals surface area contributed by atoms with Gasteiger partial charge in [0, 0.05) is 44.5 Å². The van der Waals surface area contributed by atoms with Crippen molar-refractivity contribution in [1.29, 1.82) is 0 Å². The molecule has 7 nitrogen and oxygen atoms in total. The summed E-state index contributed by atoms with van der Waals surface area (Å²) < 4.78 is 2.06. The Morgan fingerprint density at radius 1 is 1.15 bits per heavy atom. The van der Waals surface area contributed by atoms with Gasteiger partial charge in [0.25, 0.3) is 0 Å². The van der Waals surface area contributed by atoms with Gasteiger partial charge < -0.3 is 25.2 Å². The topological polar surface area (TPSA) is 86.6 Å². The minimum Gasteiger partial charge on any atom is -0.391 e. The molecule has 1 aromatic carbocycles. The van der Waals surface area contributed by atoms with Crippen LogP contribution >= 0.6 is 0 Å². The van der Waals surface area contributed by atoms with Crippen molar-refractivity contribution in [2.24, 2.45) is 12.5 Å². The minimum atomic E-state index is -0.700. The smallest absolute Gasteiger partial charge is 0.243 e. The van der Waals surface area contributed by atoms with Crippen LogP contribution in [0.2, 0.25) is 0 Å². The second kappa shape index (κ2) is 10.1. The summed E-state index contributed by atoms with van der Waals surface area (Å²) in [4.78, 5) is 28.0. The second-order valence-corrected chi connectivity index (χ2v) is 10.4. The number of aromatic nitrogens is 1. The minimum absolute atomic E-state index is 0.122. The first kappa shape index (κ1) is 25.0. The van der Waals surface area contributed by atoms with Gasteiger partial charge in [0.15, 0.2) is 0 Å². The second-order valence-electron chi connectivity index (χ2n) is 10.4. The summed E-state index contributed by atoms with van der Waals surface area (Å²) in [5.74, 6) is -0.372. The molecule has 3 rings (SSSR count). The van der Waals surface area contributed by atoms with Gasteiger partial charge in [0.1, 0.15) is 6.04 Å². The predicted octanol–water partition coefficient (Wildman–Crippen LogP) is 2.68. The third-order valence-electron chi connectivity index (χ3n) is 6.14. The van der Waals surface area contributed by atoms with E-state index in [1.54, 1.807) is 4.90 Å². The largest absolute Gasteiger partial charge is 0.391 e. The number of hydrogen-bond acceptors (Lipinski definition) is 4. The zero-order valence-corrected chi connectivity index (χ0v) is 20.6. The lowest BCUT2D eigenvalue weighted by atomic mass is 9.85. The molecule has 1 saturated heterocycles. The molecule has 3 N–H and O–H groups in total. The molecule has 0 spiro atoms. The number of benzene rings is 1. The van der Waals surface area contributed by atoms with Gasteiger partial charge in [0.05, 0.1) is 12.1 Å². The Bertz CT molecular complexity index is 959. The van der Waals surface area contributed by atoms with E-state index in [4.69, 9.17) is 0 Å². The van der Waals surface area contributed by atoms with Crippen LogP contribution in [0.25, 0.3) is 11.3 Å². The van der Waals surface area contributed by atoms with E-state index in [0.717, 1.165) is 16.8 Å². The first-order valence-electron chi connectivity index (χ1n) is 11.7. The molecule has 0 unspecified atom stereocenters. The van der Waals surface area contributed by atoms with Crippen LogP contribution in [0, 0.1) is 5.41 Å². The van der Waals surface area contributed by atoms with E-state index in [1.165, 1.54) is 0 Å².